The molecule has 0 amide bonds. The van der Waals surface area contributed by atoms with Crippen molar-refractivity contribution in [1.82, 2.24) is 0 Å². The van der Waals surface area contributed by atoms with E-state index in [4.69, 9.17) is 14.2 Å². The van der Waals surface area contributed by atoms with Crippen LogP contribution in [0.2, 0.25) is 0 Å². The van der Waals surface area contributed by atoms with Crippen molar-refractivity contribution in [3.05, 3.63) is 36.4 Å². The van der Waals surface area contributed by atoms with Gasteiger partial charge in [0.25, 0.3) is 0 Å². The SMILES string of the molecule is C=CCOc1ccc(OC)cc1CC1CO1. The van der Waals surface area contributed by atoms with Gasteiger partial charge in [-0.25, -0.2) is 0 Å². The average molecular weight is 220 g/mol. The van der Waals surface area contributed by atoms with E-state index in [0.29, 0.717) is 12.7 Å². The van der Waals surface area contributed by atoms with Crippen molar-refractivity contribution in [1.29, 1.82) is 0 Å². The molecule has 16 heavy (non-hydrogen) atoms. The third-order valence-corrected chi connectivity index (χ3v) is 2.47. The van der Waals surface area contributed by atoms with E-state index < -0.39 is 0 Å². The molecular weight excluding hydrogens is 204 g/mol. The van der Waals surface area contributed by atoms with Gasteiger partial charge in [0, 0.05) is 12.0 Å². The lowest BCUT2D eigenvalue weighted by Crippen LogP contribution is -2.01. The lowest BCUT2D eigenvalue weighted by atomic mass is 10.1. The molecule has 1 heterocycles. The second kappa shape index (κ2) is 5.03. The Hall–Kier alpha value is -1.48. The van der Waals surface area contributed by atoms with Crippen LogP contribution < -0.4 is 9.47 Å². The van der Waals surface area contributed by atoms with E-state index in [2.05, 4.69) is 6.58 Å². The zero-order valence-electron chi connectivity index (χ0n) is 9.44. The third-order valence-electron chi connectivity index (χ3n) is 2.47. The Kier molecular flexibility index (Phi) is 3.47. The minimum Gasteiger partial charge on any atom is -0.497 e. The molecule has 2 rings (SSSR count). The Labute approximate surface area is 95.6 Å². The van der Waals surface area contributed by atoms with Gasteiger partial charge in [-0.1, -0.05) is 12.7 Å². The van der Waals surface area contributed by atoms with E-state index in [-0.39, 0.29) is 0 Å². The summed E-state index contributed by atoms with van der Waals surface area (Å²) in [7, 11) is 1.66. The van der Waals surface area contributed by atoms with Crippen LogP contribution in [0.1, 0.15) is 5.56 Å². The molecule has 3 heteroatoms. The molecule has 1 unspecified atom stereocenters. The maximum atomic E-state index is 5.59. The van der Waals surface area contributed by atoms with Crippen LogP contribution in [0, 0.1) is 0 Å². The fraction of sp³-hybridized carbons (Fsp3) is 0.385. The summed E-state index contributed by atoms with van der Waals surface area (Å²) in [4.78, 5) is 0. The largest absolute Gasteiger partial charge is 0.497 e. The number of benzene rings is 1. The first kappa shape index (κ1) is 11.0. The van der Waals surface area contributed by atoms with Crippen LogP contribution in [0.15, 0.2) is 30.9 Å². The molecule has 0 aromatic heterocycles. The molecule has 0 aliphatic carbocycles. The second-order valence-corrected chi connectivity index (χ2v) is 3.73. The third kappa shape index (κ3) is 2.76. The van der Waals surface area contributed by atoms with Gasteiger partial charge in [0.15, 0.2) is 0 Å². The number of hydrogen-bond donors (Lipinski definition) is 0. The van der Waals surface area contributed by atoms with Gasteiger partial charge in [-0.05, 0) is 18.2 Å². The van der Waals surface area contributed by atoms with Crippen molar-refractivity contribution in [2.24, 2.45) is 0 Å². The van der Waals surface area contributed by atoms with Crippen LogP contribution in [0.5, 0.6) is 11.5 Å². The second-order valence-electron chi connectivity index (χ2n) is 3.73. The van der Waals surface area contributed by atoms with Crippen LogP contribution in [0.3, 0.4) is 0 Å². The normalized spacial score (nSPS) is 17.9. The highest BCUT2D eigenvalue weighted by Gasteiger charge is 2.24. The first-order valence-corrected chi connectivity index (χ1v) is 5.35. The van der Waals surface area contributed by atoms with Crippen molar-refractivity contribution >= 4 is 0 Å². The van der Waals surface area contributed by atoms with Gasteiger partial charge in [-0.2, -0.15) is 0 Å². The van der Waals surface area contributed by atoms with Crippen molar-refractivity contribution < 1.29 is 14.2 Å². The smallest absolute Gasteiger partial charge is 0.123 e. The van der Waals surface area contributed by atoms with Crippen LogP contribution in [0.25, 0.3) is 0 Å². The number of rotatable bonds is 6. The zero-order chi connectivity index (χ0) is 11.4. The minimum absolute atomic E-state index is 0.346. The molecule has 0 radical (unpaired) electrons. The van der Waals surface area contributed by atoms with Gasteiger partial charge < -0.3 is 14.2 Å². The standard InChI is InChI=1S/C13H16O3/c1-3-6-15-13-5-4-11(14-2)7-10(13)8-12-9-16-12/h3-5,7,12H,1,6,8-9H2,2H3. The Morgan fingerprint density at radius 2 is 2.38 bits per heavy atom. The summed E-state index contributed by atoms with van der Waals surface area (Å²) < 4.78 is 16.0. The van der Waals surface area contributed by atoms with Gasteiger partial charge in [0.2, 0.25) is 0 Å². The molecule has 0 spiro atoms. The maximum absolute atomic E-state index is 5.59. The monoisotopic (exact) mass is 220 g/mol. The predicted molar refractivity (Wildman–Crippen MR) is 62.1 cm³/mol. The van der Waals surface area contributed by atoms with E-state index in [9.17, 15) is 0 Å². The Bertz CT molecular complexity index is 369. The summed E-state index contributed by atoms with van der Waals surface area (Å²) in [6.07, 6.45) is 2.96. The molecule has 1 aliphatic rings. The number of methoxy groups -OCH3 is 1. The van der Waals surface area contributed by atoms with E-state index in [1.54, 1.807) is 13.2 Å². The molecule has 1 fully saturated rings. The average Bonchev–Trinajstić information content (AvgIpc) is 3.11. The van der Waals surface area contributed by atoms with Crippen molar-refractivity contribution in [3.63, 3.8) is 0 Å². The summed E-state index contributed by atoms with van der Waals surface area (Å²) in [6, 6.07) is 5.83. The number of epoxide rings is 1. The van der Waals surface area contributed by atoms with Crippen molar-refractivity contribution in [3.8, 4) is 11.5 Å². The van der Waals surface area contributed by atoms with Crippen molar-refractivity contribution in [2.75, 3.05) is 20.3 Å². The van der Waals surface area contributed by atoms with Gasteiger partial charge in [-0.15, -0.1) is 0 Å². The quantitative estimate of drug-likeness (QED) is 0.544. The zero-order valence-corrected chi connectivity index (χ0v) is 9.44. The lowest BCUT2D eigenvalue weighted by Gasteiger charge is -2.11. The summed E-state index contributed by atoms with van der Waals surface area (Å²) in [5.41, 5.74) is 1.13. The minimum atomic E-state index is 0.346. The fourth-order valence-electron chi connectivity index (χ4n) is 1.56. The maximum Gasteiger partial charge on any atom is 0.123 e. The van der Waals surface area contributed by atoms with Crippen LogP contribution >= 0.6 is 0 Å². The van der Waals surface area contributed by atoms with Crippen LogP contribution in [-0.2, 0) is 11.2 Å². The molecular formula is C13H16O3. The van der Waals surface area contributed by atoms with Crippen molar-refractivity contribution in [2.45, 2.75) is 12.5 Å². The predicted octanol–water partition coefficient (Wildman–Crippen LogP) is 2.20. The molecule has 1 aliphatic heterocycles. The number of ether oxygens (including phenoxy) is 3. The molecule has 3 nitrogen and oxygen atoms in total. The van der Waals surface area contributed by atoms with Gasteiger partial charge >= 0.3 is 0 Å². The van der Waals surface area contributed by atoms with Crippen LogP contribution in [0.4, 0.5) is 0 Å². The summed E-state index contributed by atoms with van der Waals surface area (Å²) in [6.45, 7) is 5.00. The highest BCUT2D eigenvalue weighted by molar-refractivity contribution is 5.41. The van der Waals surface area contributed by atoms with E-state index in [0.717, 1.165) is 30.1 Å². The molecule has 86 valence electrons. The fourth-order valence-corrected chi connectivity index (χ4v) is 1.56. The van der Waals surface area contributed by atoms with E-state index in [1.165, 1.54) is 0 Å². The first-order chi connectivity index (χ1) is 7.83. The molecule has 1 atom stereocenters. The topological polar surface area (TPSA) is 31.0 Å². The number of hydrogen-bond acceptors (Lipinski definition) is 3. The highest BCUT2D eigenvalue weighted by Crippen LogP contribution is 2.28. The summed E-state index contributed by atoms with van der Waals surface area (Å²) in [5, 5.41) is 0. The molecule has 0 bridgehead atoms. The Morgan fingerprint density at radius 3 is 3.00 bits per heavy atom. The summed E-state index contributed by atoms with van der Waals surface area (Å²) >= 11 is 0. The Balaban J connectivity index is 2.15. The molecule has 1 saturated heterocycles. The van der Waals surface area contributed by atoms with E-state index >= 15 is 0 Å². The van der Waals surface area contributed by atoms with Gasteiger partial charge in [0.1, 0.15) is 18.1 Å². The van der Waals surface area contributed by atoms with E-state index in [1.807, 2.05) is 18.2 Å². The van der Waals surface area contributed by atoms with Crippen LogP contribution in [-0.4, -0.2) is 26.4 Å². The summed E-state index contributed by atoms with van der Waals surface area (Å²) in [5.74, 6) is 1.73. The first-order valence-electron chi connectivity index (χ1n) is 5.35. The molecule has 0 saturated carbocycles. The molecule has 1 aromatic rings. The Morgan fingerprint density at radius 1 is 1.56 bits per heavy atom. The van der Waals surface area contributed by atoms with Gasteiger partial charge in [-0.3, -0.25) is 0 Å². The highest BCUT2D eigenvalue weighted by atomic mass is 16.6. The van der Waals surface area contributed by atoms with Gasteiger partial charge in [0.05, 0.1) is 19.8 Å². The molecule has 1 aromatic carbocycles. The molecule has 0 N–H and O–H groups in total. The lowest BCUT2D eigenvalue weighted by molar-refractivity contribution is 0.352.